The number of hydrogen-bond donors (Lipinski definition) is 0. The van der Waals surface area contributed by atoms with Gasteiger partial charge in [-0.3, -0.25) is 4.79 Å². The summed E-state index contributed by atoms with van der Waals surface area (Å²) in [5, 5.41) is 0.590. The molecular formula is C16H15ClINO2. The number of rotatable bonds is 4. The summed E-state index contributed by atoms with van der Waals surface area (Å²) in [5.41, 5.74) is 1.55. The van der Waals surface area contributed by atoms with E-state index in [-0.39, 0.29) is 5.91 Å². The molecule has 0 saturated carbocycles. The molecule has 0 aliphatic carbocycles. The van der Waals surface area contributed by atoms with Crippen LogP contribution < -0.4 is 4.74 Å². The first-order valence-corrected chi connectivity index (χ1v) is 7.81. The number of nitrogens with zero attached hydrogens (tertiary/aromatic N) is 1. The van der Waals surface area contributed by atoms with Crippen LogP contribution in [0.3, 0.4) is 0 Å². The molecule has 0 spiro atoms. The SMILES string of the molecule is COc1ccccc1CN(C)C(=O)c1ccc(I)c(Cl)c1. The Morgan fingerprint density at radius 3 is 2.67 bits per heavy atom. The minimum absolute atomic E-state index is 0.0702. The second-order valence-corrected chi connectivity index (χ2v) is 6.17. The van der Waals surface area contributed by atoms with Crippen molar-refractivity contribution in [2.75, 3.05) is 14.2 Å². The molecule has 3 nitrogen and oxygen atoms in total. The summed E-state index contributed by atoms with van der Waals surface area (Å²) in [5.74, 6) is 0.706. The summed E-state index contributed by atoms with van der Waals surface area (Å²) in [7, 11) is 3.39. The number of para-hydroxylation sites is 1. The fourth-order valence-corrected chi connectivity index (χ4v) is 2.53. The van der Waals surface area contributed by atoms with Gasteiger partial charge in [-0.05, 0) is 46.9 Å². The van der Waals surface area contributed by atoms with Crippen molar-refractivity contribution < 1.29 is 9.53 Å². The molecule has 0 radical (unpaired) electrons. The van der Waals surface area contributed by atoms with Crippen molar-refractivity contribution in [3.63, 3.8) is 0 Å². The van der Waals surface area contributed by atoms with Crippen molar-refractivity contribution in [1.29, 1.82) is 0 Å². The van der Waals surface area contributed by atoms with Gasteiger partial charge in [-0.15, -0.1) is 0 Å². The summed E-state index contributed by atoms with van der Waals surface area (Å²) < 4.78 is 6.24. The van der Waals surface area contributed by atoms with Crippen LogP contribution in [0.15, 0.2) is 42.5 Å². The molecule has 2 aromatic rings. The van der Waals surface area contributed by atoms with Crippen molar-refractivity contribution in [3.8, 4) is 5.75 Å². The van der Waals surface area contributed by atoms with E-state index in [2.05, 4.69) is 22.6 Å². The Labute approximate surface area is 143 Å². The Bertz CT molecular complexity index is 660. The minimum Gasteiger partial charge on any atom is -0.496 e. The average molecular weight is 416 g/mol. The summed E-state index contributed by atoms with van der Waals surface area (Å²) in [6, 6.07) is 13.0. The van der Waals surface area contributed by atoms with Gasteiger partial charge in [0, 0.05) is 28.3 Å². The topological polar surface area (TPSA) is 29.5 Å². The van der Waals surface area contributed by atoms with E-state index in [0.29, 0.717) is 17.1 Å². The summed E-state index contributed by atoms with van der Waals surface area (Å²) in [6.07, 6.45) is 0. The highest BCUT2D eigenvalue weighted by atomic mass is 127. The summed E-state index contributed by atoms with van der Waals surface area (Å²) >= 11 is 8.21. The number of carbonyl (C=O) groups is 1. The van der Waals surface area contributed by atoms with Crippen molar-refractivity contribution in [2.24, 2.45) is 0 Å². The zero-order valence-electron chi connectivity index (χ0n) is 11.8. The van der Waals surface area contributed by atoms with E-state index in [4.69, 9.17) is 16.3 Å². The van der Waals surface area contributed by atoms with Gasteiger partial charge in [0.1, 0.15) is 5.75 Å². The zero-order chi connectivity index (χ0) is 15.4. The summed E-state index contributed by atoms with van der Waals surface area (Å²) in [6.45, 7) is 0.479. The number of carbonyl (C=O) groups excluding carboxylic acids is 1. The number of benzene rings is 2. The van der Waals surface area contributed by atoms with Gasteiger partial charge in [0.25, 0.3) is 5.91 Å². The van der Waals surface area contributed by atoms with Crippen LogP contribution in [0.1, 0.15) is 15.9 Å². The monoisotopic (exact) mass is 415 g/mol. The van der Waals surface area contributed by atoms with E-state index in [0.717, 1.165) is 14.9 Å². The van der Waals surface area contributed by atoms with Gasteiger partial charge in [0.05, 0.1) is 12.1 Å². The molecule has 0 aromatic heterocycles. The van der Waals surface area contributed by atoms with Crippen LogP contribution in [0.4, 0.5) is 0 Å². The lowest BCUT2D eigenvalue weighted by Crippen LogP contribution is -2.26. The Balaban J connectivity index is 2.17. The number of methoxy groups -OCH3 is 1. The first-order chi connectivity index (χ1) is 10.0. The van der Waals surface area contributed by atoms with Gasteiger partial charge in [-0.25, -0.2) is 0 Å². The standard InChI is InChI=1S/C16H15ClINO2/c1-19(10-12-5-3-4-6-15(12)21-2)16(20)11-7-8-14(18)13(17)9-11/h3-9H,10H2,1-2H3. The molecule has 0 saturated heterocycles. The van der Waals surface area contributed by atoms with E-state index in [1.165, 1.54) is 0 Å². The molecule has 21 heavy (non-hydrogen) atoms. The molecule has 0 aliphatic heterocycles. The highest BCUT2D eigenvalue weighted by Crippen LogP contribution is 2.22. The fraction of sp³-hybridized carbons (Fsp3) is 0.188. The number of ether oxygens (including phenoxy) is 1. The van der Waals surface area contributed by atoms with Gasteiger partial charge >= 0.3 is 0 Å². The van der Waals surface area contributed by atoms with Crippen molar-refractivity contribution >= 4 is 40.1 Å². The van der Waals surface area contributed by atoms with Crippen molar-refractivity contribution in [3.05, 3.63) is 62.2 Å². The van der Waals surface area contributed by atoms with Crippen LogP contribution in [0, 0.1) is 3.57 Å². The molecule has 1 amide bonds. The van der Waals surface area contributed by atoms with Crippen LogP contribution >= 0.6 is 34.2 Å². The highest BCUT2D eigenvalue weighted by molar-refractivity contribution is 14.1. The van der Waals surface area contributed by atoms with Gasteiger partial charge < -0.3 is 9.64 Å². The molecule has 2 aromatic carbocycles. The normalized spacial score (nSPS) is 10.3. The molecule has 0 N–H and O–H groups in total. The third kappa shape index (κ3) is 3.89. The molecule has 5 heteroatoms. The van der Waals surface area contributed by atoms with Crippen molar-refractivity contribution in [2.45, 2.75) is 6.54 Å². The van der Waals surface area contributed by atoms with Gasteiger partial charge in [0.2, 0.25) is 0 Å². The Kier molecular flexibility index (Phi) is 5.47. The number of hydrogen-bond acceptors (Lipinski definition) is 2. The summed E-state index contributed by atoms with van der Waals surface area (Å²) in [4.78, 5) is 14.1. The molecule has 2 rings (SSSR count). The lowest BCUT2D eigenvalue weighted by Gasteiger charge is -2.19. The quantitative estimate of drug-likeness (QED) is 0.700. The van der Waals surface area contributed by atoms with E-state index < -0.39 is 0 Å². The molecule has 0 heterocycles. The zero-order valence-corrected chi connectivity index (χ0v) is 14.7. The molecule has 0 fully saturated rings. The molecule has 0 aliphatic rings. The Morgan fingerprint density at radius 1 is 1.29 bits per heavy atom. The van der Waals surface area contributed by atoms with E-state index in [9.17, 15) is 4.79 Å². The maximum Gasteiger partial charge on any atom is 0.253 e. The number of amides is 1. The van der Waals surface area contributed by atoms with E-state index >= 15 is 0 Å². The average Bonchev–Trinajstić information content (AvgIpc) is 2.49. The first-order valence-electron chi connectivity index (χ1n) is 6.35. The minimum atomic E-state index is -0.0702. The van der Waals surface area contributed by atoms with Gasteiger partial charge in [0.15, 0.2) is 0 Å². The largest absolute Gasteiger partial charge is 0.496 e. The third-order valence-electron chi connectivity index (χ3n) is 3.11. The van der Waals surface area contributed by atoms with Crippen molar-refractivity contribution in [1.82, 2.24) is 4.90 Å². The van der Waals surface area contributed by atoms with Gasteiger partial charge in [-0.1, -0.05) is 29.8 Å². The predicted octanol–water partition coefficient (Wildman–Crippen LogP) is 4.23. The molecule has 0 atom stereocenters. The highest BCUT2D eigenvalue weighted by Gasteiger charge is 2.14. The Morgan fingerprint density at radius 2 is 2.00 bits per heavy atom. The Hall–Kier alpha value is -1.27. The molecule has 0 bridgehead atoms. The van der Waals surface area contributed by atoms with E-state index in [1.54, 1.807) is 31.2 Å². The molecular weight excluding hydrogens is 401 g/mol. The van der Waals surface area contributed by atoms with Crippen LogP contribution in [-0.4, -0.2) is 25.0 Å². The number of halogens is 2. The first kappa shape index (κ1) is 16.1. The maximum absolute atomic E-state index is 12.4. The van der Waals surface area contributed by atoms with Crippen LogP contribution in [0.5, 0.6) is 5.75 Å². The lowest BCUT2D eigenvalue weighted by atomic mass is 10.1. The fourth-order valence-electron chi connectivity index (χ4n) is 2.01. The smallest absolute Gasteiger partial charge is 0.253 e. The van der Waals surface area contributed by atoms with Crippen LogP contribution in [-0.2, 0) is 6.54 Å². The molecule has 110 valence electrons. The third-order valence-corrected chi connectivity index (χ3v) is 4.69. The second-order valence-electron chi connectivity index (χ2n) is 4.60. The lowest BCUT2D eigenvalue weighted by molar-refractivity contribution is 0.0784. The predicted molar refractivity (Wildman–Crippen MR) is 93.0 cm³/mol. The second kappa shape index (κ2) is 7.13. The van der Waals surface area contributed by atoms with Crippen LogP contribution in [0.25, 0.3) is 0 Å². The van der Waals surface area contributed by atoms with E-state index in [1.807, 2.05) is 30.3 Å². The van der Waals surface area contributed by atoms with Gasteiger partial charge in [-0.2, -0.15) is 0 Å². The van der Waals surface area contributed by atoms with Crippen LogP contribution in [0.2, 0.25) is 5.02 Å². The molecule has 0 unspecified atom stereocenters. The maximum atomic E-state index is 12.4.